The molecular weight excluding hydrogens is 200 g/mol. The third-order valence-electron chi connectivity index (χ3n) is 2.06. The Balaban J connectivity index is 0. The predicted molar refractivity (Wildman–Crippen MR) is 69.6 cm³/mol. The standard InChI is InChI=1S/C12H14O2.C2H6.H2/c1-2-10(9-12(13)14)8-11-6-4-3-5-7-11;1-2;/h2-7H,8-9H2,1H3,(H,13,14);1-2H3;1H/i;;1+1. The van der Waals surface area contributed by atoms with Crippen molar-refractivity contribution in [2.45, 2.75) is 33.6 Å². The summed E-state index contributed by atoms with van der Waals surface area (Å²) < 4.78 is 0. The molecule has 2 nitrogen and oxygen atoms in total. The van der Waals surface area contributed by atoms with Crippen molar-refractivity contribution < 1.29 is 11.3 Å². The fourth-order valence-corrected chi connectivity index (χ4v) is 1.32. The maximum atomic E-state index is 10.5. The molecule has 0 aliphatic carbocycles. The van der Waals surface area contributed by atoms with E-state index in [1.807, 2.05) is 57.2 Å². The maximum absolute atomic E-state index is 10.5. The van der Waals surface area contributed by atoms with Crippen molar-refractivity contribution in [2.75, 3.05) is 0 Å². The third-order valence-corrected chi connectivity index (χ3v) is 2.06. The van der Waals surface area contributed by atoms with Crippen LogP contribution in [-0.4, -0.2) is 11.1 Å². The van der Waals surface area contributed by atoms with E-state index in [-0.39, 0.29) is 7.85 Å². The van der Waals surface area contributed by atoms with Crippen LogP contribution in [0.4, 0.5) is 0 Å². The Labute approximate surface area is 99.1 Å². The molecule has 0 spiro atoms. The van der Waals surface area contributed by atoms with Crippen molar-refractivity contribution >= 4 is 5.97 Å². The van der Waals surface area contributed by atoms with E-state index in [0.717, 1.165) is 17.6 Å². The van der Waals surface area contributed by atoms with Crippen molar-refractivity contribution in [3.63, 3.8) is 0 Å². The van der Waals surface area contributed by atoms with E-state index in [0.29, 0.717) is 0 Å². The molecule has 0 atom stereocenters. The first-order valence-corrected chi connectivity index (χ1v) is 5.62. The van der Waals surface area contributed by atoms with Crippen molar-refractivity contribution in [1.82, 2.24) is 0 Å². The largest absolute Gasteiger partial charge is 0.481 e. The lowest BCUT2D eigenvalue weighted by Crippen LogP contribution is -1.99. The third kappa shape index (κ3) is 6.02. The smallest absolute Gasteiger partial charge is 0.307 e. The predicted octanol–water partition coefficient (Wildman–Crippen LogP) is 3.92. The van der Waals surface area contributed by atoms with Gasteiger partial charge in [-0.25, -0.2) is 0 Å². The molecular formula is C14H22O2. The van der Waals surface area contributed by atoms with Gasteiger partial charge in [0.15, 0.2) is 0 Å². The zero-order chi connectivity index (χ0) is 12.4. The second-order valence-corrected chi connectivity index (χ2v) is 3.18. The summed E-state index contributed by atoms with van der Waals surface area (Å²) in [5.41, 5.74) is 2.10. The van der Waals surface area contributed by atoms with Gasteiger partial charge in [-0.15, -0.1) is 0 Å². The number of hydrogen-bond acceptors (Lipinski definition) is 1. The molecule has 90 valence electrons. The first kappa shape index (κ1) is 14.4. The van der Waals surface area contributed by atoms with Gasteiger partial charge in [0.05, 0.1) is 6.42 Å². The Bertz CT molecular complexity index is 331. The molecule has 0 aromatic heterocycles. The van der Waals surface area contributed by atoms with E-state index in [9.17, 15) is 4.79 Å². The minimum absolute atomic E-state index is 0. The van der Waals surface area contributed by atoms with Crippen LogP contribution in [0.25, 0.3) is 0 Å². The van der Waals surface area contributed by atoms with Crippen molar-refractivity contribution in [1.29, 1.82) is 0 Å². The van der Waals surface area contributed by atoms with E-state index in [2.05, 4.69) is 0 Å². The van der Waals surface area contributed by atoms with Crippen LogP contribution in [0.15, 0.2) is 42.0 Å². The molecule has 0 saturated heterocycles. The Morgan fingerprint density at radius 2 is 1.88 bits per heavy atom. The van der Waals surface area contributed by atoms with Crippen molar-refractivity contribution in [2.24, 2.45) is 0 Å². The molecule has 0 heterocycles. The lowest BCUT2D eigenvalue weighted by molar-refractivity contribution is -0.136. The quantitative estimate of drug-likeness (QED) is 0.785. The van der Waals surface area contributed by atoms with Gasteiger partial charge < -0.3 is 5.11 Å². The number of carbonyl (C=O) groups is 1. The summed E-state index contributed by atoms with van der Waals surface area (Å²) in [5.74, 6) is -0.769. The molecule has 2 heteroatoms. The summed E-state index contributed by atoms with van der Waals surface area (Å²) in [7, 11) is 0. The van der Waals surface area contributed by atoms with Crippen LogP contribution in [0.1, 0.15) is 34.2 Å². The highest BCUT2D eigenvalue weighted by atomic mass is 16.4. The Kier molecular flexibility index (Phi) is 7.86. The molecule has 1 aromatic carbocycles. The highest BCUT2D eigenvalue weighted by Gasteiger charge is 2.03. The van der Waals surface area contributed by atoms with Crippen LogP contribution in [0.5, 0.6) is 0 Å². The van der Waals surface area contributed by atoms with Crippen LogP contribution < -0.4 is 0 Å². The second kappa shape index (κ2) is 8.72. The number of allylic oxidation sites excluding steroid dienone is 1. The molecule has 0 fully saturated rings. The van der Waals surface area contributed by atoms with Crippen LogP contribution in [-0.2, 0) is 11.2 Å². The van der Waals surface area contributed by atoms with Gasteiger partial charge in [0, 0.05) is 1.43 Å². The lowest BCUT2D eigenvalue weighted by atomic mass is 10.0. The van der Waals surface area contributed by atoms with Crippen LogP contribution in [0.2, 0.25) is 0 Å². The normalized spacial score (nSPS) is 10.3. The van der Waals surface area contributed by atoms with E-state index >= 15 is 0 Å². The van der Waals surface area contributed by atoms with Gasteiger partial charge in [-0.3, -0.25) is 4.79 Å². The Hall–Kier alpha value is -1.57. The van der Waals surface area contributed by atoms with Crippen LogP contribution in [0.3, 0.4) is 0 Å². The number of hydrogen-bond donors (Lipinski definition) is 1. The number of benzene rings is 1. The molecule has 0 saturated carbocycles. The molecule has 1 rings (SSSR count). The number of carboxylic acids is 1. The number of carboxylic acid groups (broad SMARTS) is 1. The summed E-state index contributed by atoms with van der Waals surface area (Å²) in [4.78, 5) is 10.5. The summed E-state index contributed by atoms with van der Waals surface area (Å²) >= 11 is 0. The lowest BCUT2D eigenvalue weighted by Gasteiger charge is -2.03. The van der Waals surface area contributed by atoms with Gasteiger partial charge in [0.1, 0.15) is 0 Å². The van der Waals surface area contributed by atoms with Crippen molar-refractivity contribution in [3.05, 3.63) is 47.5 Å². The monoisotopic (exact) mass is 223 g/mol. The van der Waals surface area contributed by atoms with Gasteiger partial charge in [-0.05, 0) is 18.9 Å². The Morgan fingerprint density at radius 1 is 1.31 bits per heavy atom. The second-order valence-electron chi connectivity index (χ2n) is 3.18. The summed E-state index contributed by atoms with van der Waals surface area (Å²) in [5, 5.41) is 8.65. The minimum Gasteiger partial charge on any atom is -0.481 e. The molecule has 0 radical (unpaired) electrons. The zero-order valence-electron chi connectivity index (χ0n) is 10.2. The average molecular weight is 223 g/mol. The van der Waals surface area contributed by atoms with Crippen LogP contribution >= 0.6 is 0 Å². The summed E-state index contributed by atoms with van der Waals surface area (Å²) in [6.45, 7) is 5.88. The highest BCUT2D eigenvalue weighted by molar-refractivity contribution is 5.70. The van der Waals surface area contributed by atoms with Gasteiger partial charge in [-0.2, -0.15) is 0 Å². The molecule has 0 amide bonds. The number of rotatable bonds is 4. The van der Waals surface area contributed by atoms with Crippen molar-refractivity contribution in [3.8, 4) is 0 Å². The van der Waals surface area contributed by atoms with E-state index in [4.69, 9.17) is 5.11 Å². The van der Waals surface area contributed by atoms with Gasteiger partial charge >= 0.3 is 5.97 Å². The van der Waals surface area contributed by atoms with Crippen LogP contribution in [0, 0.1) is 0 Å². The van der Waals surface area contributed by atoms with E-state index < -0.39 is 5.97 Å². The molecule has 0 aliphatic heterocycles. The molecule has 0 bridgehead atoms. The van der Waals surface area contributed by atoms with Gasteiger partial charge in [0.2, 0.25) is 0 Å². The van der Waals surface area contributed by atoms with Gasteiger partial charge in [-0.1, -0.05) is 55.8 Å². The molecule has 0 unspecified atom stereocenters. The Morgan fingerprint density at radius 3 is 2.31 bits per heavy atom. The number of aliphatic carboxylic acids is 1. The topological polar surface area (TPSA) is 37.3 Å². The van der Waals surface area contributed by atoms with E-state index in [1.54, 1.807) is 0 Å². The SMILES string of the molecule is CC.CC=C(CC(=O)O)Cc1ccccc1.[2HH]. The summed E-state index contributed by atoms with van der Waals surface area (Å²) in [6, 6.07) is 9.89. The molecule has 1 N–H and O–H groups in total. The first-order chi connectivity index (χ1) is 7.72. The average Bonchev–Trinajstić information content (AvgIpc) is 2.31. The molecule has 16 heavy (non-hydrogen) atoms. The molecule has 1 aromatic rings. The van der Waals surface area contributed by atoms with E-state index in [1.165, 1.54) is 0 Å². The minimum atomic E-state index is -0.769. The molecule has 0 aliphatic rings. The maximum Gasteiger partial charge on any atom is 0.307 e. The van der Waals surface area contributed by atoms with Gasteiger partial charge in [0.25, 0.3) is 0 Å². The fraction of sp³-hybridized carbons (Fsp3) is 0.357. The first-order valence-electron chi connectivity index (χ1n) is 5.62. The zero-order valence-corrected chi connectivity index (χ0v) is 10.2. The highest BCUT2D eigenvalue weighted by Crippen LogP contribution is 2.10. The fourth-order valence-electron chi connectivity index (χ4n) is 1.32. The summed E-state index contributed by atoms with van der Waals surface area (Å²) in [6.07, 6.45) is 2.73.